The lowest BCUT2D eigenvalue weighted by molar-refractivity contribution is -0.870. The van der Waals surface area contributed by atoms with E-state index < -0.39 is 13.4 Å². The molecule has 1 atom stereocenters. The second-order valence-electron chi connectivity index (χ2n) is 7.55. The molecule has 1 N–H and O–H groups in total. The van der Waals surface area contributed by atoms with Crippen molar-refractivity contribution in [3.63, 3.8) is 0 Å². The number of hydrogen-bond donors (Lipinski definition) is 1. The number of nitrogens with zero attached hydrogens (tertiary/aromatic N) is 1. The van der Waals surface area contributed by atoms with Gasteiger partial charge in [0.2, 0.25) is 0 Å². The zero-order valence-electron chi connectivity index (χ0n) is 15.3. The van der Waals surface area contributed by atoms with Gasteiger partial charge in [0.05, 0.1) is 27.7 Å². The smallest absolute Gasteiger partial charge is 0.460 e. The van der Waals surface area contributed by atoms with E-state index in [9.17, 15) is 14.3 Å². The zero-order chi connectivity index (χ0) is 18.1. The van der Waals surface area contributed by atoms with Crippen LogP contribution in [-0.2, 0) is 23.1 Å². The highest BCUT2D eigenvalue weighted by Crippen LogP contribution is 2.43. The Hall–Kier alpha value is -0.460. The summed E-state index contributed by atoms with van der Waals surface area (Å²) in [6.07, 6.45) is 2.31. The predicted octanol–water partition coefficient (Wildman–Crippen LogP) is 2.73. The fourth-order valence-corrected chi connectivity index (χ4v) is 2.33. The van der Waals surface area contributed by atoms with E-state index in [0.717, 1.165) is 6.42 Å². The van der Waals surface area contributed by atoms with Gasteiger partial charge in [-0.1, -0.05) is 6.42 Å². The van der Waals surface area contributed by atoms with Gasteiger partial charge < -0.3 is 14.1 Å². The largest absolute Gasteiger partial charge is 0.472 e. The number of ether oxygens (including phenoxy) is 1. The fraction of sp³-hybridized carbons (Fsp3) is 0.933. The van der Waals surface area contributed by atoms with Crippen molar-refractivity contribution in [2.24, 2.45) is 0 Å². The number of rotatable bonds is 11. The Labute approximate surface area is 140 Å². The fourth-order valence-electron chi connectivity index (χ4n) is 1.59. The second kappa shape index (κ2) is 9.74. The molecule has 0 radical (unpaired) electrons. The highest BCUT2D eigenvalue weighted by atomic mass is 31.2. The molecule has 0 aromatic heterocycles. The van der Waals surface area contributed by atoms with Crippen molar-refractivity contribution in [2.75, 3.05) is 40.9 Å². The van der Waals surface area contributed by atoms with Gasteiger partial charge in [0.25, 0.3) is 0 Å². The lowest BCUT2D eigenvalue weighted by Gasteiger charge is -2.24. The summed E-state index contributed by atoms with van der Waals surface area (Å²) < 4.78 is 27.3. The van der Waals surface area contributed by atoms with Gasteiger partial charge in [-0.2, -0.15) is 0 Å². The molecule has 138 valence electrons. The van der Waals surface area contributed by atoms with Crippen LogP contribution in [0, 0.1) is 0 Å². The Bertz CT molecular complexity index is 400. The van der Waals surface area contributed by atoms with E-state index in [1.165, 1.54) is 0 Å². The quantitative estimate of drug-likeness (QED) is 0.266. The van der Waals surface area contributed by atoms with Gasteiger partial charge in [0.15, 0.2) is 0 Å². The van der Waals surface area contributed by atoms with Crippen LogP contribution in [-0.4, -0.2) is 61.8 Å². The third kappa shape index (κ3) is 16.2. The maximum Gasteiger partial charge on any atom is 0.472 e. The van der Waals surface area contributed by atoms with Gasteiger partial charge in [0, 0.05) is 6.42 Å². The molecule has 1 unspecified atom stereocenters. The van der Waals surface area contributed by atoms with Crippen LogP contribution in [0.3, 0.4) is 0 Å². The van der Waals surface area contributed by atoms with Crippen LogP contribution in [0.25, 0.3) is 0 Å². The van der Waals surface area contributed by atoms with Gasteiger partial charge in [0.1, 0.15) is 18.8 Å². The SMILES string of the molecule is CC(C)(C)OC(=O)CCCCCOP(=O)(O)OCC[N+](C)(C)C. The van der Waals surface area contributed by atoms with E-state index in [4.69, 9.17) is 13.8 Å². The van der Waals surface area contributed by atoms with E-state index in [-0.39, 0.29) is 19.2 Å². The highest BCUT2D eigenvalue weighted by molar-refractivity contribution is 7.47. The van der Waals surface area contributed by atoms with Crippen molar-refractivity contribution in [3.05, 3.63) is 0 Å². The molecule has 0 aliphatic rings. The molecule has 0 bridgehead atoms. The summed E-state index contributed by atoms with van der Waals surface area (Å²) in [5, 5.41) is 0. The lowest BCUT2D eigenvalue weighted by Crippen LogP contribution is -2.37. The molecule has 0 spiro atoms. The molecular weight excluding hydrogens is 321 g/mol. The number of phosphoric acid groups is 1. The van der Waals surface area contributed by atoms with E-state index in [1.807, 2.05) is 41.9 Å². The first-order chi connectivity index (χ1) is 10.3. The van der Waals surface area contributed by atoms with Crippen molar-refractivity contribution in [3.8, 4) is 0 Å². The third-order valence-electron chi connectivity index (χ3n) is 2.72. The van der Waals surface area contributed by atoms with Crippen LogP contribution < -0.4 is 0 Å². The number of hydrogen-bond acceptors (Lipinski definition) is 5. The number of unbranched alkanes of at least 4 members (excludes halogenated alkanes) is 2. The average molecular weight is 354 g/mol. The molecule has 0 saturated heterocycles. The molecule has 0 aromatic carbocycles. The van der Waals surface area contributed by atoms with Crippen LogP contribution in [0.5, 0.6) is 0 Å². The van der Waals surface area contributed by atoms with E-state index in [0.29, 0.717) is 30.3 Å². The molecule has 0 rings (SSSR count). The Balaban J connectivity index is 3.70. The number of esters is 1. The van der Waals surface area contributed by atoms with Crippen molar-refractivity contribution < 1.29 is 32.5 Å². The summed E-state index contributed by atoms with van der Waals surface area (Å²) in [6, 6.07) is 0. The Morgan fingerprint density at radius 1 is 1.04 bits per heavy atom. The lowest BCUT2D eigenvalue weighted by atomic mass is 10.1. The first kappa shape index (κ1) is 22.5. The molecule has 23 heavy (non-hydrogen) atoms. The van der Waals surface area contributed by atoms with Gasteiger partial charge in [-0.15, -0.1) is 0 Å². The maximum atomic E-state index is 11.6. The molecule has 0 fully saturated rings. The molecule has 0 heterocycles. The molecule has 0 amide bonds. The van der Waals surface area contributed by atoms with Crippen LogP contribution in [0.2, 0.25) is 0 Å². The van der Waals surface area contributed by atoms with Gasteiger partial charge in [-0.05, 0) is 33.6 Å². The number of likely N-dealkylation sites (N-methyl/N-ethyl adjacent to an activating group) is 1. The normalized spacial score (nSPS) is 15.3. The summed E-state index contributed by atoms with van der Waals surface area (Å²) in [5.74, 6) is -0.227. The summed E-state index contributed by atoms with van der Waals surface area (Å²) in [7, 11) is 1.93. The molecule has 0 aromatic rings. The van der Waals surface area contributed by atoms with Gasteiger partial charge in [-0.25, -0.2) is 4.57 Å². The van der Waals surface area contributed by atoms with E-state index in [2.05, 4.69) is 0 Å². The van der Waals surface area contributed by atoms with Crippen LogP contribution in [0.4, 0.5) is 0 Å². The van der Waals surface area contributed by atoms with Gasteiger partial charge in [-0.3, -0.25) is 13.8 Å². The standard InChI is InChI=1S/C15H32NO6P/c1-15(2,3)22-14(17)10-8-7-9-12-20-23(18,19)21-13-11-16(4,5)6/h7-13H2,1-6H3/p+1. The molecule has 8 heteroatoms. The summed E-state index contributed by atoms with van der Waals surface area (Å²) >= 11 is 0. The minimum atomic E-state index is -3.98. The predicted molar refractivity (Wildman–Crippen MR) is 88.9 cm³/mol. The minimum Gasteiger partial charge on any atom is -0.460 e. The van der Waals surface area contributed by atoms with E-state index in [1.54, 1.807) is 0 Å². The maximum absolute atomic E-state index is 11.6. The van der Waals surface area contributed by atoms with Crippen molar-refractivity contribution in [1.82, 2.24) is 0 Å². The van der Waals surface area contributed by atoms with Gasteiger partial charge >= 0.3 is 13.8 Å². The number of carbonyl (C=O) groups excluding carboxylic acids is 1. The number of phosphoric ester groups is 1. The molecule has 0 saturated carbocycles. The van der Waals surface area contributed by atoms with Crippen LogP contribution in [0.15, 0.2) is 0 Å². The molecule has 7 nitrogen and oxygen atoms in total. The van der Waals surface area contributed by atoms with Crippen molar-refractivity contribution in [2.45, 2.75) is 52.1 Å². The Morgan fingerprint density at radius 2 is 1.61 bits per heavy atom. The Kier molecular flexibility index (Phi) is 9.55. The monoisotopic (exact) mass is 354 g/mol. The number of quaternary nitrogens is 1. The Morgan fingerprint density at radius 3 is 2.13 bits per heavy atom. The van der Waals surface area contributed by atoms with Crippen LogP contribution in [0.1, 0.15) is 46.5 Å². The topological polar surface area (TPSA) is 82.1 Å². The first-order valence-corrected chi connectivity index (χ1v) is 9.44. The average Bonchev–Trinajstić information content (AvgIpc) is 2.29. The summed E-state index contributed by atoms with van der Waals surface area (Å²) in [5.41, 5.74) is -0.465. The van der Waals surface area contributed by atoms with Crippen molar-refractivity contribution in [1.29, 1.82) is 0 Å². The van der Waals surface area contributed by atoms with Crippen molar-refractivity contribution >= 4 is 13.8 Å². The first-order valence-electron chi connectivity index (χ1n) is 7.95. The number of carbonyl (C=O) groups is 1. The van der Waals surface area contributed by atoms with Crippen LogP contribution >= 0.6 is 7.82 Å². The second-order valence-corrected chi connectivity index (χ2v) is 9.00. The van der Waals surface area contributed by atoms with E-state index >= 15 is 0 Å². The molecule has 0 aliphatic carbocycles. The summed E-state index contributed by atoms with van der Waals surface area (Å²) in [6.45, 7) is 6.40. The molecule has 0 aliphatic heterocycles. The molecular formula is C15H33NO6P+. The highest BCUT2D eigenvalue weighted by Gasteiger charge is 2.22. The zero-order valence-corrected chi connectivity index (χ0v) is 16.2. The third-order valence-corrected chi connectivity index (χ3v) is 3.73. The minimum absolute atomic E-state index is 0.131. The summed E-state index contributed by atoms with van der Waals surface area (Å²) in [4.78, 5) is 21.0.